The number of benzene rings is 1. The average Bonchev–Trinajstić information content (AvgIpc) is 3.29. The van der Waals surface area contributed by atoms with Crippen molar-refractivity contribution < 1.29 is 14.0 Å². The minimum Gasteiger partial charge on any atom is -0.459 e. The van der Waals surface area contributed by atoms with Crippen LogP contribution in [0.25, 0.3) is 0 Å². The minimum absolute atomic E-state index is 0.0983. The van der Waals surface area contributed by atoms with Crippen molar-refractivity contribution in [3.8, 4) is 0 Å². The first-order valence-corrected chi connectivity index (χ1v) is 10.1. The highest BCUT2D eigenvalue weighted by Gasteiger charge is 2.30. The van der Waals surface area contributed by atoms with Crippen LogP contribution in [0.3, 0.4) is 0 Å². The van der Waals surface area contributed by atoms with Crippen LogP contribution in [-0.4, -0.2) is 65.9 Å². The smallest absolute Gasteiger partial charge is 0.320 e. The van der Waals surface area contributed by atoms with Gasteiger partial charge in [0.15, 0.2) is 5.76 Å². The fourth-order valence-corrected chi connectivity index (χ4v) is 4.13. The van der Waals surface area contributed by atoms with Gasteiger partial charge in [-0.25, -0.2) is 4.79 Å². The van der Waals surface area contributed by atoms with Crippen LogP contribution in [0.4, 0.5) is 4.79 Å². The molecule has 0 N–H and O–H groups in total. The van der Waals surface area contributed by atoms with E-state index in [0.29, 0.717) is 37.9 Å². The maximum Gasteiger partial charge on any atom is 0.320 e. The van der Waals surface area contributed by atoms with E-state index in [0.717, 1.165) is 32.4 Å². The summed E-state index contributed by atoms with van der Waals surface area (Å²) in [6.45, 7) is 3.90. The zero-order chi connectivity index (χ0) is 19.3. The van der Waals surface area contributed by atoms with E-state index in [2.05, 4.69) is 24.3 Å². The predicted octanol–water partition coefficient (Wildman–Crippen LogP) is 3.11. The number of piperidine rings is 1. The molecule has 6 nitrogen and oxygen atoms in total. The monoisotopic (exact) mass is 381 g/mol. The van der Waals surface area contributed by atoms with Crippen molar-refractivity contribution in [1.82, 2.24) is 14.7 Å². The number of carbonyl (C=O) groups is 2. The van der Waals surface area contributed by atoms with Crippen LogP contribution >= 0.6 is 0 Å². The first-order chi connectivity index (χ1) is 13.7. The number of furan rings is 1. The van der Waals surface area contributed by atoms with Gasteiger partial charge in [0.05, 0.1) is 6.26 Å². The van der Waals surface area contributed by atoms with Gasteiger partial charge >= 0.3 is 6.03 Å². The maximum atomic E-state index is 12.9. The molecule has 28 heavy (non-hydrogen) atoms. The molecule has 0 saturated carbocycles. The summed E-state index contributed by atoms with van der Waals surface area (Å²) in [6, 6.07) is 14.1. The van der Waals surface area contributed by atoms with Gasteiger partial charge in [-0.2, -0.15) is 0 Å². The van der Waals surface area contributed by atoms with Crippen LogP contribution in [-0.2, 0) is 6.42 Å². The molecule has 0 spiro atoms. The number of piperazine rings is 1. The normalized spacial score (nSPS) is 18.4. The van der Waals surface area contributed by atoms with Crippen molar-refractivity contribution in [3.63, 3.8) is 0 Å². The van der Waals surface area contributed by atoms with Crippen LogP contribution < -0.4 is 0 Å². The predicted molar refractivity (Wildman–Crippen MR) is 106 cm³/mol. The van der Waals surface area contributed by atoms with E-state index in [-0.39, 0.29) is 11.9 Å². The summed E-state index contributed by atoms with van der Waals surface area (Å²) in [5.74, 6) is 0.910. The third kappa shape index (κ3) is 4.21. The molecule has 3 heterocycles. The molecule has 6 heteroatoms. The van der Waals surface area contributed by atoms with E-state index in [1.54, 1.807) is 17.0 Å². The van der Waals surface area contributed by atoms with Gasteiger partial charge in [-0.05, 0) is 42.9 Å². The lowest BCUT2D eigenvalue weighted by atomic mass is 9.90. The second-order valence-electron chi connectivity index (χ2n) is 7.66. The molecule has 2 saturated heterocycles. The van der Waals surface area contributed by atoms with Crippen molar-refractivity contribution in [2.24, 2.45) is 5.92 Å². The van der Waals surface area contributed by atoms with Crippen LogP contribution in [0.5, 0.6) is 0 Å². The Kier molecular flexibility index (Phi) is 5.65. The van der Waals surface area contributed by atoms with Gasteiger partial charge < -0.3 is 19.1 Å². The molecule has 0 atom stereocenters. The summed E-state index contributed by atoms with van der Waals surface area (Å²) in [6.07, 6.45) is 4.71. The number of nitrogens with zero attached hydrogens (tertiary/aromatic N) is 3. The molecule has 148 valence electrons. The molecule has 1 aromatic heterocycles. The van der Waals surface area contributed by atoms with Crippen LogP contribution in [0.15, 0.2) is 53.1 Å². The zero-order valence-corrected chi connectivity index (χ0v) is 16.1. The fourth-order valence-electron chi connectivity index (χ4n) is 4.13. The van der Waals surface area contributed by atoms with Crippen molar-refractivity contribution in [2.75, 3.05) is 39.3 Å². The quantitative estimate of drug-likeness (QED) is 0.821. The Hall–Kier alpha value is -2.76. The number of carbonyl (C=O) groups excluding carboxylic acids is 2. The summed E-state index contributed by atoms with van der Waals surface area (Å²) in [7, 11) is 0. The molecule has 0 aliphatic carbocycles. The summed E-state index contributed by atoms with van der Waals surface area (Å²) in [5, 5.41) is 0. The molecule has 0 unspecified atom stereocenters. The fraction of sp³-hybridized carbons (Fsp3) is 0.455. The number of hydrogen-bond donors (Lipinski definition) is 0. The van der Waals surface area contributed by atoms with Gasteiger partial charge in [-0.1, -0.05) is 30.3 Å². The van der Waals surface area contributed by atoms with Crippen molar-refractivity contribution in [2.45, 2.75) is 19.3 Å². The lowest BCUT2D eigenvalue weighted by Gasteiger charge is -2.39. The molecule has 2 aliphatic rings. The first kappa shape index (κ1) is 18.6. The Bertz CT molecular complexity index is 775. The molecule has 4 rings (SSSR count). The van der Waals surface area contributed by atoms with E-state index < -0.39 is 0 Å². The summed E-state index contributed by atoms with van der Waals surface area (Å²) < 4.78 is 5.19. The molecule has 2 aromatic rings. The highest BCUT2D eigenvalue weighted by Crippen LogP contribution is 2.23. The van der Waals surface area contributed by atoms with Gasteiger partial charge in [-0.3, -0.25) is 4.79 Å². The Morgan fingerprint density at radius 3 is 2.11 bits per heavy atom. The van der Waals surface area contributed by atoms with Gasteiger partial charge in [0.2, 0.25) is 0 Å². The molecular weight excluding hydrogens is 354 g/mol. The van der Waals surface area contributed by atoms with Gasteiger partial charge in [0.1, 0.15) is 0 Å². The number of likely N-dealkylation sites (tertiary alicyclic amines) is 1. The van der Waals surface area contributed by atoms with E-state index in [1.165, 1.54) is 11.8 Å². The second-order valence-corrected chi connectivity index (χ2v) is 7.66. The number of hydrogen-bond acceptors (Lipinski definition) is 3. The van der Waals surface area contributed by atoms with Crippen molar-refractivity contribution in [3.05, 3.63) is 60.1 Å². The second kappa shape index (κ2) is 8.50. The lowest BCUT2D eigenvalue weighted by Crippen LogP contribution is -2.55. The Morgan fingerprint density at radius 1 is 0.821 bits per heavy atom. The molecule has 2 fully saturated rings. The average molecular weight is 381 g/mol. The number of urea groups is 1. The minimum atomic E-state index is -0.0983. The molecule has 2 aliphatic heterocycles. The highest BCUT2D eigenvalue weighted by atomic mass is 16.3. The van der Waals surface area contributed by atoms with Crippen LogP contribution in [0.1, 0.15) is 29.0 Å². The summed E-state index contributed by atoms with van der Waals surface area (Å²) in [4.78, 5) is 30.8. The lowest BCUT2D eigenvalue weighted by molar-refractivity contribution is 0.0597. The molecule has 3 amide bonds. The van der Waals surface area contributed by atoms with Gasteiger partial charge in [0.25, 0.3) is 5.91 Å². The van der Waals surface area contributed by atoms with Crippen molar-refractivity contribution in [1.29, 1.82) is 0 Å². The summed E-state index contributed by atoms with van der Waals surface area (Å²) >= 11 is 0. The van der Waals surface area contributed by atoms with E-state index in [9.17, 15) is 9.59 Å². The number of amides is 3. The van der Waals surface area contributed by atoms with E-state index in [4.69, 9.17) is 4.42 Å². The largest absolute Gasteiger partial charge is 0.459 e. The van der Waals surface area contributed by atoms with Gasteiger partial charge in [-0.15, -0.1) is 0 Å². The van der Waals surface area contributed by atoms with E-state index >= 15 is 0 Å². The Balaban J connectivity index is 1.23. The Labute approximate surface area is 165 Å². The molecule has 0 radical (unpaired) electrons. The third-order valence-electron chi connectivity index (χ3n) is 5.82. The van der Waals surface area contributed by atoms with Gasteiger partial charge in [0, 0.05) is 39.3 Å². The van der Waals surface area contributed by atoms with E-state index in [1.807, 2.05) is 15.9 Å². The Morgan fingerprint density at radius 2 is 1.46 bits per heavy atom. The SMILES string of the molecule is O=C(c1ccco1)N1CCN(C(=O)N2CCC(Cc3ccccc3)CC2)CC1. The highest BCUT2D eigenvalue weighted by molar-refractivity contribution is 5.91. The maximum absolute atomic E-state index is 12.9. The van der Waals surface area contributed by atoms with Crippen LogP contribution in [0, 0.1) is 5.92 Å². The topological polar surface area (TPSA) is 57.0 Å². The summed E-state index contributed by atoms with van der Waals surface area (Å²) in [5.41, 5.74) is 1.38. The molecule has 0 bridgehead atoms. The van der Waals surface area contributed by atoms with Crippen LogP contribution in [0.2, 0.25) is 0 Å². The first-order valence-electron chi connectivity index (χ1n) is 10.1. The number of rotatable bonds is 3. The molecular formula is C22H27N3O3. The molecule has 1 aromatic carbocycles. The zero-order valence-electron chi connectivity index (χ0n) is 16.1. The standard InChI is InChI=1S/C22H27N3O3/c26-21(20-7-4-16-28-20)23-12-14-25(15-13-23)22(27)24-10-8-19(9-11-24)17-18-5-2-1-3-6-18/h1-7,16,19H,8-15,17H2. The van der Waals surface area contributed by atoms with Crippen molar-refractivity contribution >= 4 is 11.9 Å². The third-order valence-corrected chi connectivity index (χ3v) is 5.82.